The summed E-state index contributed by atoms with van der Waals surface area (Å²) in [5.74, 6) is 0. The Morgan fingerprint density at radius 3 is 1.86 bits per heavy atom. The Balaban J connectivity index is 2.45. The lowest BCUT2D eigenvalue weighted by Crippen LogP contribution is -2.06. The Labute approximate surface area is 141 Å². The molecule has 2 aromatic carbocycles. The second-order valence-corrected chi connectivity index (χ2v) is 7.31. The average molecular weight is 366 g/mol. The van der Waals surface area contributed by atoms with Crippen molar-refractivity contribution in [1.82, 2.24) is 0 Å². The summed E-state index contributed by atoms with van der Waals surface area (Å²) in [6.07, 6.45) is 0.906. The third-order valence-corrected chi connectivity index (χ3v) is 5.88. The van der Waals surface area contributed by atoms with Crippen LogP contribution in [0.2, 0.25) is 5.02 Å². The number of alkyl halides is 1. The number of rotatable bonds is 3. The van der Waals surface area contributed by atoms with Gasteiger partial charge in [-0.3, -0.25) is 0 Å². The van der Waals surface area contributed by atoms with Crippen LogP contribution < -0.4 is 0 Å². The first-order valence-corrected chi connectivity index (χ1v) is 8.58. The van der Waals surface area contributed by atoms with Crippen molar-refractivity contribution in [1.29, 1.82) is 0 Å². The highest BCUT2D eigenvalue weighted by Crippen LogP contribution is 2.37. The molecule has 0 N–H and O–H groups in total. The van der Waals surface area contributed by atoms with E-state index in [1.807, 2.05) is 18.2 Å². The van der Waals surface area contributed by atoms with E-state index in [9.17, 15) is 0 Å². The summed E-state index contributed by atoms with van der Waals surface area (Å²) in [7, 11) is 0. The summed E-state index contributed by atoms with van der Waals surface area (Å²) < 4.78 is 0. The minimum absolute atomic E-state index is 0.287. The molecule has 1 atom stereocenters. The van der Waals surface area contributed by atoms with Gasteiger partial charge in [0.05, 0.1) is 0 Å². The highest BCUT2D eigenvalue weighted by molar-refractivity contribution is 9.09. The predicted octanol–water partition coefficient (Wildman–Crippen LogP) is 6.56. The van der Waals surface area contributed by atoms with E-state index in [4.69, 9.17) is 11.6 Å². The Bertz CT molecular complexity index is 645. The third-order valence-electron chi connectivity index (χ3n) is 4.73. The molecular formula is C19H22BrCl. The zero-order chi connectivity index (χ0) is 15.7. The van der Waals surface area contributed by atoms with E-state index in [-0.39, 0.29) is 4.83 Å². The smallest absolute Gasteiger partial charge is 0.0441 e. The monoisotopic (exact) mass is 364 g/mol. The van der Waals surface area contributed by atoms with Crippen LogP contribution in [-0.4, -0.2) is 0 Å². The van der Waals surface area contributed by atoms with E-state index >= 15 is 0 Å². The predicted molar refractivity (Wildman–Crippen MR) is 97.0 cm³/mol. The zero-order valence-electron chi connectivity index (χ0n) is 13.3. The zero-order valence-corrected chi connectivity index (χ0v) is 15.7. The van der Waals surface area contributed by atoms with Crippen LogP contribution in [0.15, 0.2) is 24.3 Å². The van der Waals surface area contributed by atoms with Crippen molar-refractivity contribution in [3.05, 3.63) is 68.2 Å². The van der Waals surface area contributed by atoms with E-state index < -0.39 is 0 Å². The molecule has 1 unspecified atom stereocenters. The Morgan fingerprint density at radius 2 is 1.33 bits per heavy atom. The van der Waals surface area contributed by atoms with Gasteiger partial charge in [0.2, 0.25) is 0 Å². The molecule has 2 rings (SSSR count). The maximum Gasteiger partial charge on any atom is 0.0441 e. The van der Waals surface area contributed by atoms with Crippen LogP contribution in [0, 0.1) is 34.6 Å². The van der Waals surface area contributed by atoms with Gasteiger partial charge in [-0.1, -0.05) is 45.7 Å². The molecule has 0 spiro atoms. The number of hydrogen-bond donors (Lipinski definition) is 0. The summed E-state index contributed by atoms with van der Waals surface area (Å²) >= 11 is 10.2. The molecule has 0 amide bonds. The molecule has 0 saturated carbocycles. The second kappa shape index (κ2) is 6.54. The molecule has 0 heterocycles. The summed E-state index contributed by atoms with van der Waals surface area (Å²) in [5.41, 5.74) is 9.60. The minimum Gasteiger partial charge on any atom is -0.0840 e. The highest BCUT2D eigenvalue weighted by Gasteiger charge is 2.19. The van der Waals surface area contributed by atoms with E-state index in [1.165, 1.54) is 38.9 Å². The van der Waals surface area contributed by atoms with Gasteiger partial charge in [0.25, 0.3) is 0 Å². The molecule has 0 aliphatic rings. The van der Waals surface area contributed by atoms with E-state index in [0.717, 1.165) is 11.4 Å². The first kappa shape index (κ1) is 16.6. The molecule has 2 heteroatoms. The van der Waals surface area contributed by atoms with Gasteiger partial charge in [0.15, 0.2) is 0 Å². The first-order chi connectivity index (χ1) is 9.84. The maximum absolute atomic E-state index is 6.30. The molecule has 2 aromatic rings. The van der Waals surface area contributed by atoms with Crippen molar-refractivity contribution < 1.29 is 0 Å². The van der Waals surface area contributed by atoms with Gasteiger partial charge in [-0.05, 0) is 86.1 Å². The van der Waals surface area contributed by atoms with Gasteiger partial charge >= 0.3 is 0 Å². The van der Waals surface area contributed by atoms with Crippen molar-refractivity contribution in [2.45, 2.75) is 45.9 Å². The van der Waals surface area contributed by atoms with Crippen molar-refractivity contribution >= 4 is 27.5 Å². The molecule has 21 heavy (non-hydrogen) atoms. The highest BCUT2D eigenvalue weighted by atomic mass is 79.9. The van der Waals surface area contributed by atoms with E-state index in [0.29, 0.717) is 0 Å². The Morgan fingerprint density at radius 1 is 0.857 bits per heavy atom. The average Bonchev–Trinajstić information content (AvgIpc) is 2.46. The number of hydrogen-bond acceptors (Lipinski definition) is 0. The number of benzene rings is 2. The van der Waals surface area contributed by atoms with Crippen molar-refractivity contribution in [2.24, 2.45) is 0 Å². The lowest BCUT2D eigenvalue weighted by Gasteiger charge is -2.22. The van der Waals surface area contributed by atoms with Crippen LogP contribution in [0.25, 0.3) is 0 Å². The Hall–Kier alpha value is -0.790. The summed E-state index contributed by atoms with van der Waals surface area (Å²) in [5, 5.41) is 0.845. The lowest BCUT2D eigenvalue weighted by molar-refractivity contribution is 0.915. The topological polar surface area (TPSA) is 0 Å². The molecule has 112 valence electrons. The fraction of sp³-hybridized carbons (Fsp3) is 0.368. The fourth-order valence-corrected chi connectivity index (χ4v) is 4.21. The van der Waals surface area contributed by atoms with Crippen LogP contribution in [0.5, 0.6) is 0 Å². The molecule has 0 radical (unpaired) electrons. The molecule has 0 aliphatic carbocycles. The lowest BCUT2D eigenvalue weighted by atomic mass is 9.87. The molecule has 0 nitrogen and oxygen atoms in total. The van der Waals surface area contributed by atoms with Gasteiger partial charge in [-0.25, -0.2) is 0 Å². The fourth-order valence-electron chi connectivity index (χ4n) is 2.96. The van der Waals surface area contributed by atoms with Gasteiger partial charge in [0, 0.05) is 9.85 Å². The maximum atomic E-state index is 6.30. The van der Waals surface area contributed by atoms with Crippen molar-refractivity contribution in [3.8, 4) is 0 Å². The van der Waals surface area contributed by atoms with Crippen LogP contribution in [-0.2, 0) is 6.42 Å². The van der Waals surface area contributed by atoms with Crippen LogP contribution in [0.4, 0.5) is 0 Å². The van der Waals surface area contributed by atoms with E-state index in [1.54, 1.807) is 0 Å². The number of halogens is 2. The van der Waals surface area contributed by atoms with E-state index in [2.05, 4.69) is 56.6 Å². The van der Waals surface area contributed by atoms with Crippen molar-refractivity contribution in [2.75, 3.05) is 0 Å². The molecule has 0 aliphatic heterocycles. The largest absolute Gasteiger partial charge is 0.0840 e. The SMILES string of the molecule is Cc1c(C)c(C)c(C(Br)Cc2ccccc2Cl)c(C)c1C. The van der Waals surface area contributed by atoms with Gasteiger partial charge < -0.3 is 0 Å². The van der Waals surface area contributed by atoms with Crippen LogP contribution in [0.3, 0.4) is 0 Å². The van der Waals surface area contributed by atoms with Crippen LogP contribution in [0.1, 0.15) is 43.8 Å². The summed E-state index contributed by atoms with van der Waals surface area (Å²) in [6.45, 7) is 11.1. The molecular weight excluding hydrogens is 344 g/mol. The van der Waals surface area contributed by atoms with Gasteiger partial charge in [-0.2, -0.15) is 0 Å². The summed E-state index contributed by atoms with van der Waals surface area (Å²) in [4.78, 5) is 0.287. The third kappa shape index (κ3) is 3.19. The normalized spacial score (nSPS) is 12.5. The van der Waals surface area contributed by atoms with Gasteiger partial charge in [-0.15, -0.1) is 0 Å². The Kier molecular flexibility index (Phi) is 5.16. The van der Waals surface area contributed by atoms with Crippen molar-refractivity contribution in [3.63, 3.8) is 0 Å². The molecule has 0 bridgehead atoms. The quantitative estimate of drug-likeness (QED) is 0.540. The molecule has 0 saturated heterocycles. The minimum atomic E-state index is 0.287. The second-order valence-electron chi connectivity index (χ2n) is 5.80. The summed E-state index contributed by atoms with van der Waals surface area (Å²) in [6, 6.07) is 8.09. The first-order valence-electron chi connectivity index (χ1n) is 7.29. The van der Waals surface area contributed by atoms with Crippen LogP contribution >= 0.6 is 27.5 Å². The molecule has 0 aromatic heterocycles. The molecule has 0 fully saturated rings. The van der Waals surface area contributed by atoms with Gasteiger partial charge in [0.1, 0.15) is 0 Å². The standard InChI is InChI=1S/C19H22BrCl/c1-11-12(2)14(4)19(15(5)13(11)3)17(20)10-16-8-6-7-9-18(16)21/h6-9,17H,10H2,1-5H3.